The topological polar surface area (TPSA) is 88.1 Å². The van der Waals surface area contributed by atoms with Crippen molar-refractivity contribution in [2.75, 3.05) is 33.4 Å². The summed E-state index contributed by atoms with van der Waals surface area (Å²) in [6, 6.07) is 7.38. The molecule has 1 aromatic carbocycles. The number of ether oxygens (including phenoxy) is 2. The Morgan fingerprint density at radius 3 is 2.64 bits per heavy atom. The summed E-state index contributed by atoms with van der Waals surface area (Å²) in [5.41, 5.74) is 0. The van der Waals surface area contributed by atoms with Crippen LogP contribution in [0.4, 0.5) is 0 Å². The monoisotopic (exact) mass is 350 g/mol. The van der Waals surface area contributed by atoms with Crippen molar-refractivity contribution in [3.8, 4) is 11.5 Å². The minimum Gasteiger partial charge on any atom is -0.493 e. The van der Waals surface area contributed by atoms with Crippen molar-refractivity contribution in [1.82, 2.24) is 10.2 Å². The first-order valence-electron chi connectivity index (χ1n) is 8.58. The van der Waals surface area contributed by atoms with E-state index in [1.807, 2.05) is 12.1 Å². The molecule has 0 bridgehead atoms. The Balaban J connectivity index is 1.81. The van der Waals surface area contributed by atoms with Gasteiger partial charge in [-0.2, -0.15) is 0 Å². The third-order valence-corrected chi connectivity index (χ3v) is 3.97. The molecule has 7 nitrogen and oxygen atoms in total. The first-order chi connectivity index (χ1) is 12.2. The average molecular weight is 350 g/mol. The standard InChI is InChI=1S/C18H26N2O5/c1-24-15-5-2-3-6-16(15)25-13-18(23)20(14-7-8-14)11-9-17(22)19-10-4-12-21/h2-3,5-6,14,21H,4,7-13H2,1H3,(H,19,22). The molecule has 138 valence electrons. The number of aliphatic hydroxyl groups excluding tert-OH is 1. The lowest BCUT2D eigenvalue weighted by Crippen LogP contribution is -2.39. The highest BCUT2D eigenvalue weighted by molar-refractivity contribution is 5.80. The summed E-state index contributed by atoms with van der Waals surface area (Å²) in [6.07, 6.45) is 2.71. The van der Waals surface area contributed by atoms with Gasteiger partial charge in [0.1, 0.15) is 0 Å². The molecule has 0 unspecified atom stereocenters. The second kappa shape index (κ2) is 9.88. The molecule has 0 atom stereocenters. The van der Waals surface area contributed by atoms with E-state index in [0.29, 0.717) is 31.0 Å². The predicted octanol–water partition coefficient (Wildman–Crippen LogP) is 0.954. The maximum absolute atomic E-state index is 12.5. The van der Waals surface area contributed by atoms with Gasteiger partial charge in [0, 0.05) is 32.2 Å². The van der Waals surface area contributed by atoms with Gasteiger partial charge in [-0.3, -0.25) is 9.59 Å². The number of hydrogen-bond donors (Lipinski definition) is 2. The SMILES string of the molecule is COc1ccccc1OCC(=O)N(CCC(=O)NCCCO)C1CC1. The van der Waals surface area contributed by atoms with E-state index in [-0.39, 0.29) is 37.5 Å². The van der Waals surface area contributed by atoms with Crippen molar-refractivity contribution in [2.45, 2.75) is 31.7 Å². The normalized spacial score (nSPS) is 13.2. The van der Waals surface area contributed by atoms with Crippen molar-refractivity contribution in [3.05, 3.63) is 24.3 Å². The van der Waals surface area contributed by atoms with E-state index in [2.05, 4.69) is 5.32 Å². The number of nitrogens with zero attached hydrogens (tertiary/aromatic N) is 1. The Bertz CT molecular complexity index is 574. The Labute approximate surface area is 147 Å². The molecule has 2 rings (SSSR count). The van der Waals surface area contributed by atoms with Crippen molar-refractivity contribution in [2.24, 2.45) is 0 Å². The van der Waals surface area contributed by atoms with Crippen LogP contribution in [0.25, 0.3) is 0 Å². The summed E-state index contributed by atoms with van der Waals surface area (Å²) in [6.45, 7) is 0.795. The fourth-order valence-corrected chi connectivity index (χ4v) is 2.47. The van der Waals surface area contributed by atoms with Crippen LogP contribution < -0.4 is 14.8 Å². The molecule has 25 heavy (non-hydrogen) atoms. The van der Waals surface area contributed by atoms with Gasteiger partial charge in [-0.05, 0) is 31.4 Å². The van der Waals surface area contributed by atoms with Gasteiger partial charge >= 0.3 is 0 Å². The van der Waals surface area contributed by atoms with E-state index in [1.165, 1.54) is 0 Å². The van der Waals surface area contributed by atoms with Crippen LogP contribution in [0.2, 0.25) is 0 Å². The van der Waals surface area contributed by atoms with Gasteiger partial charge < -0.3 is 24.8 Å². The number of aliphatic hydroxyl groups is 1. The fourth-order valence-electron chi connectivity index (χ4n) is 2.47. The number of nitrogens with one attached hydrogen (secondary N) is 1. The Morgan fingerprint density at radius 1 is 1.28 bits per heavy atom. The number of carbonyl (C=O) groups excluding carboxylic acids is 2. The van der Waals surface area contributed by atoms with E-state index in [1.54, 1.807) is 24.1 Å². The van der Waals surface area contributed by atoms with Crippen molar-refractivity contribution < 1.29 is 24.2 Å². The summed E-state index contributed by atoms with van der Waals surface area (Å²) in [5, 5.41) is 11.4. The second-order valence-corrected chi connectivity index (χ2v) is 5.93. The predicted molar refractivity (Wildman–Crippen MR) is 92.6 cm³/mol. The Hall–Kier alpha value is -2.28. The van der Waals surface area contributed by atoms with Crippen LogP contribution in [-0.4, -0.2) is 61.3 Å². The molecule has 1 fully saturated rings. The van der Waals surface area contributed by atoms with E-state index in [9.17, 15) is 9.59 Å². The van der Waals surface area contributed by atoms with Gasteiger partial charge in [0.15, 0.2) is 18.1 Å². The Kier molecular flexibility index (Phi) is 7.53. The second-order valence-electron chi connectivity index (χ2n) is 5.93. The molecule has 0 spiro atoms. The first kappa shape index (κ1) is 19.1. The van der Waals surface area contributed by atoms with Gasteiger partial charge in [-0.15, -0.1) is 0 Å². The zero-order valence-corrected chi connectivity index (χ0v) is 14.6. The van der Waals surface area contributed by atoms with E-state index in [4.69, 9.17) is 14.6 Å². The maximum atomic E-state index is 12.5. The summed E-state index contributed by atoms with van der Waals surface area (Å²) >= 11 is 0. The van der Waals surface area contributed by atoms with Crippen LogP contribution in [-0.2, 0) is 9.59 Å². The molecule has 0 aliphatic heterocycles. The summed E-state index contributed by atoms with van der Waals surface area (Å²) < 4.78 is 10.8. The number of rotatable bonds is 11. The zero-order valence-electron chi connectivity index (χ0n) is 14.6. The maximum Gasteiger partial charge on any atom is 0.260 e. The lowest BCUT2D eigenvalue weighted by atomic mass is 10.3. The molecule has 0 aromatic heterocycles. The van der Waals surface area contributed by atoms with Crippen LogP contribution in [0.5, 0.6) is 11.5 Å². The van der Waals surface area contributed by atoms with Gasteiger partial charge in [-0.1, -0.05) is 12.1 Å². The first-order valence-corrected chi connectivity index (χ1v) is 8.58. The lowest BCUT2D eigenvalue weighted by Gasteiger charge is -2.22. The minimum absolute atomic E-state index is 0.0489. The van der Waals surface area contributed by atoms with Crippen LogP contribution in [0, 0.1) is 0 Å². The third-order valence-electron chi connectivity index (χ3n) is 3.97. The molecule has 1 aliphatic carbocycles. The molecular weight excluding hydrogens is 324 g/mol. The Morgan fingerprint density at radius 2 is 2.00 bits per heavy atom. The summed E-state index contributed by atoms with van der Waals surface area (Å²) in [7, 11) is 1.55. The molecule has 0 heterocycles. The van der Waals surface area contributed by atoms with Gasteiger partial charge in [0.25, 0.3) is 5.91 Å². The molecule has 7 heteroatoms. The number of carbonyl (C=O) groups is 2. The smallest absolute Gasteiger partial charge is 0.260 e. The highest BCUT2D eigenvalue weighted by atomic mass is 16.5. The van der Waals surface area contributed by atoms with Gasteiger partial charge in [-0.25, -0.2) is 0 Å². The molecule has 2 amide bonds. The molecule has 1 saturated carbocycles. The number of benzene rings is 1. The highest BCUT2D eigenvalue weighted by Gasteiger charge is 2.32. The van der Waals surface area contributed by atoms with Crippen LogP contribution in [0.15, 0.2) is 24.3 Å². The van der Waals surface area contributed by atoms with Gasteiger partial charge in [0.05, 0.1) is 7.11 Å². The fraction of sp³-hybridized carbons (Fsp3) is 0.556. The number of para-hydroxylation sites is 2. The largest absolute Gasteiger partial charge is 0.493 e. The molecule has 1 aromatic rings. The molecule has 1 aliphatic rings. The minimum atomic E-state index is -0.128. The molecule has 0 saturated heterocycles. The van der Waals surface area contributed by atoms with E-state index >= 15 is 0 Å². The van der Waals surface area contributed by atoms with Crippen LogP contribution in [0.1, 0.15) is 25.7 Å². The number of amides is 2. The third kappa shape index (κ3) is 6.26. The van der Waals surface area contributed by atoms with Gasteiger partial charge in [0.2, 0.25) is 5.91 Å². The quantitative estimate of drug-likeness (QED) is 0.580. The van der Waals surface area contributed by atoms with Crippen molar-refractivity contribution in [1.29, 1.82) is 0 Å². The van der Waals surface area contributed by atoms with Crippen molar-refractivity contribution >= 4 is 11.8 Å². The molecular formula is C18H26N2O5. The number of hydrogen-bond acceptors (Lipinski definition) is 5. The number of methoxy groups -OCH3 is 1. The van der Waals surface area contributed by atoms with Crippen molar-refractivity contribution in [3.63, 3.8) is 0 Å². The van der Waals surface area contributed by atoms with E-state index < -0.39 is 0 Å². The highest BCUT2D eigenvalue weighted by Crippen LogP contribution is 2.28. The van der Waals surface area contributed by atoms with E-state index in [0.717, 1.165) is 12.8 Å². The summed E-state index contributed by atoms with van der Waals surface area (Å²) in [5.74, 6) is 0.862. The van der Waals surface area contributed by atoms with Crippen LogP contribution in [0.3, 0.4) is 0 Å². The lowest BCUT2D eigenvalue weighted by molar-refractivity contribution is -0.134. The molecule has 2 N–H and O–H groups in total. The van der Waals surface area contributed by atoms with Crippen LogP contribution >= 0.6 is 0 Å². The summed E-state index contributed by atoms with van der Waals surface area (Å²) in [4.78, 5) is 26.0. The average Bonchev–Trinajstić information content (AvgIpc) is 3.45. The zero-order chi connectivity index (χ0) is 18.1. The molecule has 0 radical (unpaired) electrons.